The lowest BCUT2D eigenvalue weighted by Gasteiger charge is -2.36. The standard InChI is InChI=1S/C13H26N10/c14-7-1-8(15)4-22(3-7)12-19-11(18)20-13(21-12)23-5-9(16)2-10(17)6-23/h7-10H,1-6,14-17H2,(H2,18,19,20,21)/t7-,8+,9-,10+. The molecule has 4 atom stereocenters. The molecule has 10 nitrogen and oxygen atoms in total. The zero-order valence-corrected chi connectivity index (χ0v) is 13.2. The smallest absolute Gasteiger partial charge is 0.232 e. The predicted octanol–water partition coefficient (Wildman–Crippen LogP) is -2.82. The second kappa shape index (κ2) is 6.40. The van der Waals surface area contributed by atoms with Gasteiger partial charge >= 0.3 is 0 Å². The summed E-state index contributed by atoms with van der Waals surface area (Å²) in [6.07, 6.45) is 1.58. The molecule has 10 heteroatoms. The maximum Gasteiger partial charge on any atom is 0.232 e. The molecule has 0 spiro atoms. The number of hydrogen-bond donors (Lipinski definition) is 5. The van der Waals surface area contributed by atoms with E-state index in [1.54, 1.807) is 0 Å². The Morgan fingerprint density at radius 1 is 0.652 bits per heavy atom. The Bertz CT molecular complexity index is 487. The molecule has 1 aromatic heterocycles. The summed E-state index contributed by atoms with van der Waals surface area (Å²) in [6.45, 7) is 2.59. The minimum Gasteiger partial charge on any atom is -0.368 e. The Hall–Kier alpha value is -1.75. The number of aromatic nitrogens is 3. The number of nitrogens with zero attached hydrogens (tertiary/aromatic N) is 5. The van der Waals surface area contributed by atoms with Crippen LogP contribution in [0.5, 0.6) is 0 Å². The van der Waals surface area contributed by atoms with Crippen LogP contribution in [0.1, 0.15) is 12.8 Å². The van der Waals surface area contributed by atoms with Gasteiger partial charge < -0.3 is 38.5 Å². The van der Waals surface area contributed by atoms with Gasteiger partial charge in [0.15, 0.2) is 0 Å². The van der Waals surface area contributed by atoms with Crippen LogP contribution in [0.2, 0.25) is 0 Å². The van der Waals surface area contributed by atoms with Crippen molar-refractivity contribution < 1.29 is 0 Å². The zero-order valence-electron chi connectivity index (χ0n) is 13.2. The van der Waals surface area contributed by atoms with Gasteiger partial charge in [0.2, 0.25) is 17.8 Å². The first-order chi connectivity index (χ1) is 10.9. The van der Waals surface area contributed by atoms with Crippen molar-refractivity contribution in [3.8, 4) is 0 Å². The molecule has 23 heavy (non-hydrogen) atoms. The number of rotatable bonds is 2. The van der Waals surface area contributed by atoms with Gasteiger partial charge in [-0.15, -0.1) is 0 Å². The molecule has 0 aromatic carbocycles. The summed E-state index contributed by atoms with van der Waals surface area (Å²) in [5, 5.41) is 0. The van der Waals surface area contributed by atoms with Crippen molar-refractivity contribution in [1.29, 1.82) is 0 Å². The molecule has 3 heterocycles. The quantitative estimate of drug-likeness (QED) is 0.382. The number of piperidine rings is 2. The second-order valence-electron chi connectivity index (χ2n) is 6.62. The van der Waals surface area contributed by atoms with E-state index in [9.17, 15) is 0 Å². The summed E-state index contributed by atoms with van der Waals surface area (Å²) in [5.41, 5.74) is 30.0. The van der Waals surface area contributed by atoms with Gasteiger partial charge in [0.05, 0.1) is 0 Å². The molecule has 0 amide bonds. The molecular weight excluding hydrogens is 296 g/mol. The largest absolute Gasteiger partial charge is 0.368 e. The molecule has 0 unspecified atom stereocenters. The van der Waals surface area contributed by atoms with Gasteiger partial charge in [-0.2, -0.15) is 15.0 Å². The summed E-state index contributed by atoms with van der Waals surface area (Å²) in [6, 6.07) is -0.0110. The van der Waals surface area contributed by atoms with Gasteiger partial charge in [-0.1, -0.05) is 0 Å². The maximum atomic E-state index is 6.04. The third kappa shape index (κ3) is 3.78. The first kappa shape index (κ1) is 16.1. The van der Waals surface area contributed by atoms with Gasteiger partial charge in [0.1, 0.15) is 0 Å². The van der Waals surface area contributed by atoms with Crippen LogP contribution in [0, 0.1) is 0 Å². The first-order valence-corrected chi connectivity index (χ1v) is 7.94. The third-order valence-corrected chi connectivity index (χ3v) is 4.23. The molecule has 0 bridgehead atoms. The van der Waals surface area contributed by atoms with E-state index in [1.165, 1.54) is 0 Å². The molecule has 3 rings (SSSR count). The van der Waals surface area contributed by atoms with E-state index < -0.39 is 0 Å². The van der Waals surface area contributed by atoms with Crippen molar-refractivity contribution in [3.63, 3.8) is 0 Å². The van der Waals surface area contributed by atoms with Crippen molar-refractivity contribution in [2.24, 2.45) is 22.9 Å². The molecule has 2 fully saturated rings. The highest BCUT2D eigenvalue weighted by atomic mass is 15.4. The normalized spacial score (nSPS) is 32.2. The van der Waals surface area contributed by atoms with Crippen LogP contribution < -0.4 is 38.5 Å². The minimum atomic E-state index is -0.00276. The fourth-order valence-electron chi connectivity index (χ4n) is 3.34. The average Bonchev–Trinajstić information content (AvgIpc) is 2.44. The summed E-state index contributed by atoms with van der Waals surface area (Å²) < 4.78 is 0. The predicted molar refractivity (Wildman–Crippen MR) is 89.8 cm³/mol. The Morgan fingerprint density at radius 3 is 1.35 bits per heavy atom. The Balaban J connectivity index is 1.84. The fourth-order valence-corrected chi connectivity index (χ4v) is 3.34. The van der Waals surface area contributed by atoms with Crippen molar-refractivity contribution in [1.82, 2.24) is 15.0 Å². The van der Waals surface area contributed by atoms with Crippen LogP contribution in [-0.4, -0.2) is 65.3 Å². The Morgan fingerprint density at radius 2 is 1.00 bits per heavy atom. The lowest BCUT2D eigenvalue weighted by molar-refractivity contribution is 0.441. The summed E-state index contributed by atoms with van der Waals surface area (Å²) in [4.78, 5) is 17.0. The maximum absolute atomic E-state index is 6.04. The topological polar surface area (TPSA) is 175 Å². The molecule has 1 aromatic rings. The van der Waals surface area contributed by atoms with Crippen molar-refractivity contribution >= 4 is 17.8 Å². The van der Waals surface area contributed by atoms with Gasteiger partial charge in [0, 0.05) is 50.3 Å². The Kier molecular flexibility index (Phi) is 4.48. The molecule has 2 saturated heterocycles. The number of nitrogen functional groups attached to an aromatic ring is 1. The van der Waals surface area contributed by atoms with Crippen LogP contribution in [0.15, 0.2) is 0 Å². The van der Waals surface area contributed by atoms with E-state index in [4.69, 9.17) is 28.7 Å². The molecule has 128 valence electrons. The lowest BCUT2D eigenvalue weighted by atomic mass is 10.0. The van der Waals surface area contributed by atoms with E-state index >= 15 is 0 Å². The van der Waals surface area contributed by atoms with E-state index in [0.717, 1.165) is 12.8 Å². The number of anilines is 3. The molecule has 10 N–H and O–H groups in total. The molecule has 0 saturated carbocycles. The SMILES string of the molecule is Nc1nc(N2C[C@H](N)C[C@H](N)C2)nc(N2C[C@H](N)C[C@H](N)C2)n1. The molecule has 2 aliphatic rings. The zero-order chi connectivity index (χ0) is 16.6. The van der Waals surface area contributed by atoms with Crippen LogP contribution in [0.3, 0.4) is 0 Å². The third-order valence-electron chi connectivity index (χ3n) is 4.23. The average molecular weight is 322 g/mol. The Labute approximate surface area is 135 Å². The van der Waals surface area contributed by atoms with Crippen molar-refractivity contribution in [2.75, 3.05) is 41.7 Å². The van der Waals surface area contributed by atoms with Crippen molar-refractivity contribution in [3.05, 3.63) is 0 Å². The minimum absolute atomic E-state index is 0.00276. The van der Waals surface area contributed by atoms with Crippen LogP contribution in [-0.2, 0) is 0 Å². The van der Waals surface area contributed by atoms with Crippen LogP contribution in [0.25, 0.3) is 0 Å². The summed E-state index contributed by atoms with van der Waals surface area (Å²) in [7, 11) is 0. The highest BCUT2D eigenvalue weighted by molar-refractivity contribution is 5.45. The monoisotopic (exact) mass is 322 g/mol. The first-order valence-electron chi connectivity index (χ1n) is 7.94. The molecule has 2 aliphatic heterocycles. The van der Waals surface area contributed by atoms with E-state index in [1.807, 2.05) is 9.80 Å². The van der Waals surface area contributed by atoms with Gasteiger partial charge in [-0.25, -0.2) is 0 Å². The van der Waals surface area contributed by atoms with Crippen molar-refractivity contribution in [2.45, 2.75) is 37.0 Å². The highest BCUT2D eigenvalue weighted by Gasteiger charge is 2.28. The highest BCUT2D eigenvalue weighted by Crippen LogP contribution is 2.21. The van der Waals surface area contributed by atoms with Crippen LogP contribution in [0.4, 0.5) is 17.8 Å². The number of nitrogens with two attached hydrogens (primary N) is 5. The van der Waals surface area contributed by atoms with Crippen LogP contribution >= 0.6 is 0 Å². The fraction of sp³-hybridized carbons (Fsp3) is 0.769. The van der Waals surface area contributed by atoms with E-state index in [2.05, 4.69) is 15.0 Å². The molecule has 0 aliphatic carbocycles. The molecular formula is C13H26N10. The number of hydrogen-bond acceptors (Lipinski definition) is 10. The van der Waals surface area contributed by atoms with E-state index in [-0.39, 0.29) is 30.1 Å². The lowest BCUT2D eigenvalue weighted by Crippen LogP contribution is -2.54. The summed E-state index contributed by atoms with van der Waals surface area (Å²) in [5.74, 6) is 1.18. The van der Waals surface area contributed by atoms with E-state index in [0.29, 0.717) is 38.1 Å². The second-order valence-corrected chi connectivity index (χ2v) is 6.62. The van der Waals surface area contributed by atoms with Gasteiger partial charge in [-0.05, 0) is 12.8 Å². The van der Waals surface area contributed by atoms with Gasteiger partial charge in [-0.3, -0.25) is 0 Å². The summed E-state index contributed by atoms with van der Waals surface area (Å²) >= 11 is 0. The molecule has 0 radical (unpaired) electrons. The van der Waals surface area contributed by atoms with Gasteiger partial charge in [0.25, 0.3) is 0 Å².